The monoisotopic (exact) mass is 350 g/mol. The third-order valence-electron chi connectivity index (χ3n) is 6.04. The predicted octanol–water partition coefficient (Wildman–Crippen LogP) is 4.86. The lowest BCUT2D eigenvalue weighted by Crippen LogP contribution is -2.37. The van der Waals surface area contributed by atoms with Crippen LogP contribution in [0.3, 0.4) is 0 Å². The van der Waals surface area contributed by atoms with Crippen molar-refractivity contribution in [2.24, 2.45) is 0 Å². The average molecular weight is 350 g/mol. The first-order valence-electron chi connectivity index (χ1n) is 9.38. The molecule has 130 valence electrons. The molecule has 0 saturated carbocycles. The second-order valence-electron chi connectivity index (χ2n) is 7.41. The highest BCUT2D eigenvalue weighted by Gasteiger charge is 2.45. The minimum absolute atomic E-state index is 0.0175. The Morgan fingerprint density at radius 3 is 2.48 bits per heavy atom. The summed E-state index contributed by atoms with van der Waals surface area (Å²) in [6.45, 7) is 0.705. The van der Waals surface area contributed by atoms with Gasteiger partial charge in [0, 0.05) is 34.6 Å². The molecule has 0 radical (unpaired) electrons. The number of nitrogens with one attached hydrogen (secondary N) is 1. The second kappa shape index (κ2) is 5.34. The third-order valence-corrected chi connectivity index (χ3v) is 6.04. The molecule has 3 heterocycles. The molecule has 3 nitrogen and oxygen atoms in total. The Bertz CT molecular complexity index is 1190. The van der Waals surface area contributed by atoms with E-state index in [1.807, 2.05) is 29.2 Å². The average Bonchev–Trinajstić information content (AvgIpc) is 3.25. The van der Waals surface area contributed by atoms with E-state index in [-0.39, 0.29) is 17.9 Å². The number of aromatic amines is 1. The number of benzene rings is 3. The number of nitrogens with zero attached hydrogens (tertiary/aromatic N) is 1. The number of fused-ring (bicyclic) bond motifs is 7. The number of para-hydroxylation sites is 1. The maximum absolute atomic E-state index is 13.1. The van der Waals surface area contributed by atoms with E-state index in [0.717, 1.165) is 22.3 Å². The largest absolute Gasteiger partial charge is 0.356 e. The highest BCUT2D eigenvalue weighted by Crippen LogP contribution is 2.49. The molecular formula is C24H18N2O. The quantitative estimate of drug-likeness (QED) is 0.523. The Balaban J connectivity index is 1.66. The molecule has 0 bridgehead atoms. The molecule has 27 heavy (non-hydrogen) atoms. The zero-order valence-electron chi connectivity index (χ0n) is 14.7. The number of amides is 1. The van der Waals surface area contributed by atoms with Gasteiger partial charge in [-0.15, -0.1) is 0 Å². The van der Waals surface area contributed by atoms with Crippen LogP contribution in [0.5, 0.6) is 0 Å². The zero-order valence-corrected chi connectivity index (χ0v) is 14.7. The van der Waals surface area contributed by atoms with Gasteiger partial charge in [0.2, 0.25) is 0 Å². The number of H-pyrrole nitrogens is 1. The SMILES string of the molecule is O=C1c2ccccc2[C@H]2c3[nH]c4ccccc4c3[C@@H](c3ccccc3)CN12. The fourth-order valence-electron chi connectivity index (χ4n) is 4.89. The van der Waals surface area contributed by atoms with Crippen molar-refractivity contribution in [2.75, 3.05) is 6.54 Å². The van der Waals surface area contributed by atoms with Crippen LogP contribution in [0.15, 0.2) is 78.9 Å². The smallest absolute Gasteiger partial charge is 0.255 e. The summed E-state index contributed by atoms with van der Waals surface area (Å²) in [5, 5.41) is 1.26. The minimum Gasteiger partial charge on any atom is -0.356 e. The van der Waals surface area contributed by atoms with Crippen LogP contribution in [0.2, 0.25) is 0 Å². The van der Waals surface area contributed by atoms with Gasteiger partial charge in [0.25, 0.3) is 5.91 Å². The van der Waals surface area contributed by atoms with Crippen molar-refractivity contribution in [2.45, 2.75) is 12.0 Å². The normalized spacial score (nSPS) is 20.4. The van der Waals surface area contributed by atoms with E-state index in [1.165, 1.54) is 16.5 Å². The van der Waals surface area contributed by atoms with Crippen molar-refractivity contribution >= 4 is 16.8 Å². The lowest BCUT2D eigenvalue weighted by Gasteiger charge is -2.36. The van der Waals surface area contributed by atoms with E-state index < -0.39 is 0 Å². The molecule has 0 unspecified atom stereocenters. The number of carbonyl (C=O) groups is 1. The molecule has 0 saturated heterocycles. The molecule has 3 aromatic carbocycles. The van der Waals surface area contributed by atoms with Crippen LogP contribution in [0.25, 0.3) is 10.9 Å². The Morgan fingerprint density at radius 1 is 0.852 bits per heavy atom. The lowest BCUT2D eigenvalue weighted by molar-refractivity contribution is 0.0727. The molecule has 3 heteroatoms. The molecule has 1 aromatic heterocycles. The van der Waals surface area contributed by atoms with Gasteiger partial charge in [-0.1, -0.05) is 66.7 Å². The molecule has 4 aromatic rings. The first kappa shape index (κ1) is 14.8. The summed E-state index contributed by atoms with van der Waals surface area (Å²) in [5.74, 6) is 0.313. The van der Waals surface area contributed by atoms with Crippen LogP contribution in [0.4, 0.5) is 0 Å². The summed E-state index contributed by atoms with van der Waals surface area (Å²) in [7, 11) is 0. The second-order valence-corrected chi connectivity index (χ2v) is 7.41. The minimum atomic E-state index is -0.0175. The number of hydrogen-bond acceptors (Lipinski definition) is 1. The number of rotatable bonds is 1. The zero-order chi connectivity index (χ0) is 18.0. The summed E-state index contributed by atoms with van der Waals surface area (Å²) in [5.41, 5.74) is 6.84. The summed E-state index contributed by atoms with van der Waals surface area (Å²) in [6, 6.07) is 27.0. The Labute approximate surface area is 157 Å². The fourth-order valence-corrected chi connectivity index (χ4v) is 4.89. The van der Waals surface area contributed by atoms with Gasteiger partial charge in [-0.3, -0.25) is 4.79 Å². The lowest BCUT2D eigenvalue weighted by atomic mass is 9.83. The van der Waals surface area contributed by atoms with E-state index in [4.69, 9.17) is 0 Å². The number of carbonyl (C=O) groups excluding carboxylic acids is 1. The van der Waals surface area contributed by atoms with Crippen molar-refractivity contribution in [3.05, 3.63) is 107 Å². The van der Waals surface area contributed by atoms with Gasteiger partial charge in [0.05, 0.1) is 6.04 Å². The summed E-state index contributed by atoms with van der Waals surface area (Å²) < 4.78 is 0. The van der Waals surface area contributed by atoms with Crippen LogP contribution in [-0.4, -0.2) is 22.3 Å². The van der Waals surface area contributed by atoms with E-state index in [0.29, 0.717) is 6.54 Å². The van der Waals surface area contributed by atoms with Crippen LogP contribution >= 0.6 is 0 Å². The van der Waals surface area contributed by atoms with E-state index in [1.54, 1.807) is 0 Å². The van der Waals surface area contributed by atoms with Crippen LogP contribution in [0.1, 0.15) is 44.7 Å². The van der Waals surface area contributed by atoms with Gasteiger partial charge in [-0.25, -0.2) is 0 Å². The first-order valence-corrected chi connectivity index (χ1v) is 9.38. The van der Waals surface area contributed by atoms with Gasteiger partial charge in [0.1, 0.15) is 0 Å². The molecule has 6 rings (SSSR count). The van der Waals surface area contributed by atoms with Crippen molar-refractivity contribution in [1.82, 2.24) is 9.88 Å². The van der Waals surface area contributed by atoms with Gasteiger partial charge in [0.15, 0.2) is 0 Å². The molecule has 0 aliphatic carbocycles. The summed E-state index contributed by atoms with van der Waals surface area (Å²) >= 11 is 0. The fraction of sp³-hybridized carbons (Fsp3) is 0.125. The highest BCUT2D eigenvalue weighted by atomic mass is 16.2. The van der Waals surface area contributed by atoms with Gasteiger partial charge >= 0.3 is 0 Å². The molecule has 1 amide bonds. The molecule has 1 N–H and O–H groups in total. The molecule has 0 spiro atoms. The van der Waals surface area contributed by atoms with Crippen LogP contribution in [-0.2, 0) is 0 Å². The standard InChI is InChI=1S/C24H18N2O/c27-24-17-11-5-4-10-16(17)23-22-21(18-12-6-7-13-20(18)25-22)19(14-26(23)24)15-8-2-1-3-9-15/h1-13,19,23,25H,14H2/t19-,23+/m1/s1. The molecule has 2 aliphatic heterocycles. The van der Waals surface area contributed by atoms with Crippen LogP contribution < -0.4 is 0 Å². The molecule has 0 fully saturated rings. The Kier molecular flexibility index (Phi) is 2.92. The Hall–Kier alpha value is -3.33. The summed E-state index contributed by atoms with van der Waals surface area (Å²) in [6.07, 6.45) is 0. The molecule has 2 aliphatic rings. The molecule has 2 atom stereocenters. The van der Waals surface area contributed by atoms with Gasteiger partial charge in [-0.2, -0.15) is 0 Å². The van der Waals surface area contributed by atoms with Crippen molar-refractivity contribution in [3.63, 3.8) is 0 Å². The number of hydrogen-bond donors (Lipinski definition) is 1. The van der Waals surface area contributed by atoms with E-state index >= 15 is 0 Å². The summed E-state index contributed by atoms with van der Waals surface area (Å²) in [4.78, 5) is 18.8. The maximum Gasteiger partial charge on any atom is 0.255 e. The van der Waals surface area contributed by atoms with Gasteiger partial charge in [-0.05, 0) is 28.8 Å². The number of aromatic nitrogens is 1. The van der Waals surface area contributed by atoms with Crippen molar-refractivity contribution in [3.8, 4) is 0 Å². The third kappa shape index (κ3) is 1.94. The highest BCUT2D eigenvalue weighted by molar-refractivity contribution is 6.01. The van der Waals surface area contributed by atoms with Crippen molar-refractivity contribution < 1.29 is 4.79 Å². The van der Waals surface area contributed by atoms with E-state index in [9.17, 15) is 4.79 Å². The maximum atomic E-state index is 13.1. The molecular weight excluding hydrogens is 332 g/mol. The van der Waals surface area contributed by atoms with Crippen LogP contribution in [0, 0.1) is 0 Å². The van der Waals surface area contributed by atoms with E-state index in [2.05, 4.69) is 59.6 Å². The predicted molar refractivity (Wildman–Crippen MR) is 106 cm³/mol. The Morgan fingerprint density at radius 2 is 1.59 bits per heavy atom. The first-order chi connectivity index (χ1) is 13.3. The van der Waals surface area contributed by atoms with Crippen molar-refractivity contribution in [1.29, 1.82) is 0 Å². The van der Waals surface area contributed by atoms with Gasteiger partial charge < -0.3 is 9.88 Å². The topological polar surface area (TPSA) is 36.1 Å².